The minimum Gasteiger partial charge on any atom is -0.588 e. The van der Waals surface area contributed by atoms with Gasteiger partial charge in [-0.05, 0) is 47.5 Å². The minimum absolute atomic E-state index is 0.445. The van der Waals surface area contributed by atoms with E-state index in [-0.39, 0.29) is 0 Å². The van der Waals surface area contributed by atoms with E-state index in [9.17, 15) is 9.35 Å². The highest BCUT2D eigenvalue weighted by atomic mass is 35.5. The molecule has 6 heteroatoms. The first kappa shape index (κ1) is 17.6. The molecule has 2 aromatic rings. The van der Waals surface area contributed by atoms with Crippen molar-refractivity contribution in [2.24, 2.45) is 0 Å². The number of hydrogen-bond acceptors (Lipinski definition) is 2. The lowest BCUT2D eigenvalue weighted by atomic mass is 10.2. The second-order valence-electron chi connectivity index (χ2n) is 4.50. The molecule has 1 atom stereocenters. The Bertz CT molecular complexity index is 712. The summed E-state index contributed by atoms with van der Waals surface area (Å²) in [5.74, 6) is -0.445. The van der Waals surface area contributed by atoms with Crippen molar-refractivity contribution < 1.29 is 9.35 Å². The lowest BCUT2D eigenvalue weighted by Crippen LogP contribution is -2.26. The number of carbonyl (C=O) groups is 1. The van der Waals surface area contributed by atoms with Gasteiger partial charge in [-0.1, -0.05) is 47.5 Å². The molecule has 0 radical (unpaired) electrons. The Balaban J connectivity index is 1.86. The zero-order valence-corrected chi connectivity index (χ0v) is 14.2. The van der Waals surface area contributed by atoms with Crippen LogP contribution in [0.25, 0.3) is 12.2 Å². The first-order valence-corrected chi connectivity index (χ1v) is 8.58. The van der Waals surface area contributed by atoms with Crippen LogP contribution >= 0.6 is 23.2 Å². The third-order valence-corrected chi connectivity index (χ3v) is 4.04. The molecule has 0 spiro atoms. The Labute approximate surface area is 147 Å². The topological polar surface area (TPSA) is 52.2 Å². The molecule has 0 fully saturated rings. The Kier molecular flexibility index (Phi) is 6.74. The van der Waals surface area contributed by atoms with Crippen molar-refractivity contribution >= 4 is 52.6 Å². The van der Waals surface area contributed by atoms with Gasteiger partial charge in [-0.2, -0.15) is 4.72 Å². The standard InChI is InChI=1S/C17H13Cl2NO2S/c18-15-6-1-13(2-7-15)5-10-17(21)20-23(22)12-11-14-3-8-16(19)9-4-14/h1-12H,(H,20,21)/b10-5+,12-11+. The summed E-state index contributed by atoms with van der Waals surface area (Å²) in [5.41, 5.74) is 1.67. The van der Waals surface area contributed by atoms with Crippen LogP contribution in [-0.2, 0) is 16.2 Å². The van der Waals surface area contributed by atoms with E-state index >= 15 is 0 Å². The SMILES string of the molecule is O=C(/C=C/c1ccc(Cl)cc1)N[S+]([O-])/C=C/c1ccc(Cl)cc1. The highest BCUT2D eigenvalue weighted by Gasteiger charge is 2.05. The Hall–Kier alpha value is -1.72. The Morgan fingerprint density at radius 1 is 0.913 bits per heavy atom. The molecule has 23 heavy (non-hydrogen) atoms. The molecule has 0 bridgehead atoms. The summed E-state index contributed by atoms with van der Waals surface area (Å²) < 4.78 is 14.1. The number of hydrogen-bond donors (Lipinski definition) is 1. The van der Waals surface area contributed by atoms with Gasteiger partial charge in [0.15, 0.2) is 0 Å². The van der Waals surface area contributed by atoms with Crippen molar-refractivity contribution in [2.45, 2.75) is 0 Å². The molecule has 1 unspecified atom stereocenters. The van der Waals surface area contributed by atoms with E-state index in [1.807, 2.05) is 0 Å². The Morgan fingerprint density at radius 3 is 1.91 bits per heavy atom. The molecule has 2 rings (SSSR count). The molecular formula is C17H13Cl2NO2S. The van der Waals surface area contributed by atoms with Gasteiger partial charge < -0.3 is 4.55 Å². The number of benzene rings is 2. The van der Waals surface area contributed by atoms with Crippen LogP contribution in [0.1, 0.15) is 11.1 Å². The number of rotatable bonds is 5. The molecule has 0 aliphatic heterocycles. The van der Waals surface area contributed by atoms with Gasteiger partial charge in [0.2, 0.25) is 0 Å². The lowest BCUT2D eigenvalue weighted by Gasteiger charge is -2.03. The molecule has 1 N–H and O–H groups in total. The molecule has 0 aliphatic rings. The maximum atomic E-state index is 11.8. The smallest absolute Gasteiger partial charge is 0.285 e. The van der Waals surface area contributed by atoms with Crippen LogP contribution in [0.15, 0.2) is 60.0 Å². The van der Waals surface area contributed by atoms with Crippen LogP contribution in [0.3, 0.4) is 0 Å². The van der Waals surface area contributed by atoms with Crippen molar-refractivity contribution in [2.75, 3.05) is 0 Å². The number of amides is 1. The largest absolute Gasteiger partial charge is 0.588 e. The molecule has 0 saturated heterocycles. The van der Waals surface area contributed by atoms with Gasteiger partial charge >= 0.3 is 0 Å². The molecule has 3 nitrogen and oxygen atoms in total. The summed E-state index contributed by atoms with van der Waals surface area (Å²) in [6, 6.07) is 14.1. The van der Waals surface area contributed by atoms with Crippen molar-refractivity contribution in [3.05, 3.63) is 81.2 Å². The van der Waals surface area contributed by atoms with Gasteiger partial charge in [0.05, 0.1) is 0 Å². The maximum absolute atomic E-state index is 11.8. The predicted octanol–water partition coefficient (Wildman–Crippen LogP) is 4.46. The summed E-state index contributed by atoms with van der Waals surface area (Å²) in [4.78, 5) is 11.7. The van der Waals surface area contributed by atoms with Crippen LogP contribution in [0.5, 0.6) is 0 Å². The van der Waals surface area contributed by atoms with Crippen LogP contribution in [0.2, 0.25) is 10.0 Å². The van der Waals surface area contributed by atoms with E-state index in [1.165, 1.54) is 11.5 Å². The molecule has 118 valence electrons. The van der Waals surface area contributed by atoms with E-state index in [0.29, 0.717) is 10.0 Å². The fourth-order valence-electron chi connectivity index (χ4n) is 1.63. The molecule has 2 aromatic carbocycles. The van der Waals surface area contributed by atoms with Gasteiger partial charge in [0, 0.05) is 16.1 Å². The fraction of sp³-hybridized carbons (Fsp3) is 0. The second-order valence-corrected chi connectivity index (χ2v) is 6.45. The number of halogens is 2. The molecule has 0 heterocycles. The average molecular weight is 366 g/mol. The van der Waals surface area contributed by atoms with Gasteiger partial charge in [-0.25, -0.2) is 0 Å². The van der Waals surface area contributed by atoms with E-state index in [1.54, 1.807) is 60.7 Å². The summed E-state index contributed by atoms with van der Waals surface area (Å²) in [5, 5.41) is 2.65. The zero-order chi connectivity index (χ0) is 16.7. The first-order chi connectivity index (χ1) is 11.0. The van der Waals surface area contributed by atoms with Crippen molar-refractivity contribution in [3.63, 3.8) is 0 Å². The quantitative estimate of drug-likeness (QED) is 0.628. The molecular weight excluding hydrogens is 353 g/mol. The minimum atomic E-state index is -1.60. The third kappa shape index (κ3) is 6.50. The van der Waals surface area contributed by atoms with Crippen LogP contribution in [0.4, 0.5) is 0 Å². The predicted molar refractivity (Wildman–Crippen MR) is 97.3 cm³/mol. The van der Waals surface area contributed by atoms with Crippen LogP contribution in [-0.4, -0.2) is 10.5 Å². The highest BCUT2D eigenvalue weighted by molar-refractivity contribution is 7.93. The van der Waals surface area contributed by atoms with Gasteiger partial charge in [-0.15, -0.1) is 0 Å². The zero-order valence-electron chi connectivity index (χ0n) is 11.9. The summed E-state index contributed by atoms with van der Waals surface area (Å²) in [7, 11) is 0. The number of nitrogens with one attached hydrogen (secondary N) is 1. The van der Waals surface area contributed by atoms with Gasteiger partial charge in [0.1, 0.15) is 16.8 Å². The summed E-state index contributed by atoms with van der Waals surface area (Å²) in [6.07, 6.45) is 4.58. The monoisotopic (exact) mass is 365 g/mol. The van der Waals surface area contributed by atoms with E-state index in [0.717, 1.165) is 11.1 Å². The molecule has 0 aromatic heterocycles. The van der Waals surface area contributed by atoms with E-state index in [4.69, 9.17) is 23.2 Å². The van der Waals surface area contributed by atoms with Crippen LogP contribution in [0, 0.1) is 0 Å². The van der Waals surface area contributed by atoms with Gasteiger partial charge in [-0.3, -0.25) is 4.79 Å². The fourth-order valence-corrected chi connectivity index (χ4v) is 2.49. The number of carbonyl (C=O) groups excluding carboxylic acids is 1. The average Bonchev–Trinajstić information content (AvgIpc) is 2.54. The highest BCUT2D eigenvalue weighted by Crippen LogP contribution is 2.12. The molecule has 0 saturated carbocycles. The third-order valence-electron chi connectivity index (χ3n) is 2.75. The molecule has 0 aliphatic carbocycles. The van der Waals surface area contributed by atoms with Crippen molar-refractivity contribution in [1.82, 2.24) is 4.72 Å². The van der Waals surface area contributed by atoms with E-state index in [2.05, 4.69) is 4.72 Å². The summed E-state index contributed by atoms with van der Waals surface area (Å²) >= 11 is 9.96. The first-order valence-electron chi connectivity index (χ1n) is 6.61. The van der Waals surface area contributed by atoms with E-state index < -0.39 is 17.3 Å². The van der Waals surface area contributed by atoms with Crippen molar-refractivity contribution in [1.29, 1.82) is 0 Å². The molecule has 1 amide bonds. The summed E-state index contributed by atoms with van der Waals surface area (Å²) in [6.45, 7) is 0. The lowest BCUT2D eigenvalue weighted by molar-refractivity contribution is -0.114. The second kappa shape index (κ2) is 8.79. The maximum Gasteiger partial charge on any atom is 0.285 e. The normalized spacial score (nSPS) is 12.7. The Morgan fingerprint density at radius 2 is 1.39 bits per heavy atom. The van der Waals surface area contributed by atoms with Crippen LogP contribution < -0.4 is 4.72 Å². The van der Waals surface area contributed by atoms with Gasteiger partial charge in [0.25, 0.3) is 5.91 Å². The van der Waals surface area contributed by atoms with Crippen molar-refractivity contribution in [3.8, 4) is 0 Å².